The summed E-state index contributed by atoms with van der Waals surface area (Å²) in [5.74, 6) is 0. The first-order valence-electron chi connectivity index (χ1n) is 6.15. The first-order chi connectivity index (χ1) is 10.4. The highest BCUT2D eigenvalue weighted by Crippen LogP contribution is 2.48. The van der Waals surface area contributed by atoms with E-state index < -0.39 is 16.8 Å². The van der Waals surface area contributed by atoms with Crippen LogP contribution < -0.4 is 5.32 Å². The largest absolute Gasteiger partial charge is 0.429 e. The van der Waals surface area contributed by atoms with E-state index >= 15 is 0 Å². The number of hydrogen-bond acceptors (Lipinski definition) is 6. The van der Waals surface area contributed by atoms with E-state index in [1.807, 2.05) is 0 Å². The molecule has 0 spiro atoms. The maximum atomic E-state index is 13.6. The summed E-state index contributed by atoms with van der Waals surface area (Å²) in [6, 6.07) is 6.67. The van der Waals surface area contributed by atoms with Crippen LogP contribution in [-0.2, 0) is 5.60 Å². The van der Waals surface area contributed by atoms with Gasteiger partial charge in [0.05, 0.1) is 15.1 Å². The van der Waals surface area contributed by atoms with Gasteiger partial charge in [0, 0.05) is 13.2 Å². The van der Waals surface area contributed by atoms with Gasteiger partial charge in [0.25, 0.3) is 0 Å². The van der Waals surface area contributed by atoms with Crippen molar-refractivity contribution in [2.24, 2.45) is 0 Å². The number of halogens is 3. The van der Waals surface area contributed by atoms with E-state index in [0.717, 1.165) is 28.9 Å². The topological polar surface area (TPSA) is 58.0 Å². The van der Waals surface area contributed by atoms with Crippen LogP contribution in [0.25, 0.3) is 10.2 Å². The number of fused-ring (bicyclic) bond motifs is 1. The fraction of sp³-hybridized carbons (Fsp3) is 0.231. The molecule has 0 saturated carbocycles. The number of aromatic nitrogens is 2. The number of nitrogens with one attached hydrogen (secondary N) is 1. The van der Waals surface area contributed by atoms with Gasteiger partial charge in [-0.25, -0.2) is 9.97 Å². The molecule has 0 bridgehead atoms. The molecule has 0 aliphatic heterocycles. The lowest BCUT2D eigenvalue weighted by Gasteiger charge is -2.26. The van der Waals surface area contributed by atoms with Crippen molar-refractivity contribution in [3.8, 4) is 0 Å². The summed E-state index contributed by atoms with van der Waals surface area (Å²) < 4.78 is 41.4. The molecule has 0 aliphatic carbocycles. The molecule has 116 valence electrons. The Morgan fingerprint density at radius 3 is 2.50 bits per heavy atom. The van der Waals surface area contributed by atoms with Gasteiger partial charge >= 0.3 is 6.18 Å². The minimum Gasteiger partial charge on any atom is -0.370 e. The highest BCUT2D eigenvalue weighted by molar-refractivity contribution is 7.19. The van der Waals surface area contributed by atoms with Crippen LogP contribution in [0.4, 0.5) is 18.3 Å². The molecule has 1 atom stereocenters. The van der Waals surface area contributed by atoms with Crippen molar-refractivity contribution < 1.29 is 18.3 Å². The van der Waals surface area contributed by atoms with Crippen molar-refractivity contribution in [1.82, 2.24) is 9.97 Å². The average molecular weight is 345 g/mol. The summed E-state index contributed by atoms with van der Waals surface area (Å²) in [5, 5.41) is 13.0. The SMILES string of the molecule is CNc1ncc([C@@](O)(c2nc3ccccc3s2)C(F)(F)F)s1. The summed E-state index contributed by atoms with van der Waals surface area (Å²) in [7, 11) is 1.55. The van der Waals surface area contributed by atoms with Crippen LogP contribution in [-0.4, -0.2) is 28.3 Å². The number of rotatable bonds is 3. The van der Waals surface area contributed by atoms with Crippen molar-refractivity contribution in [3.63, 3.8) is 0 Å². The van der Waals surface area contributed by atoms with Gasteiger partial charge < -0.3 is 10.4 Å². The van der Waals surface area contributed by atoms with Crippen molar-refractivity contribution in [1.29, 1.82) is 0 Å². The average Bonchev–Trinajstić information content (AvgIpc) is 3.11. The fourth-order valence-electron chi connectivity index (χ4n) is 1.95. The van der Waals surface area contributed by atoms with Gasteiger partial charge in [0.2, 0.25) is 5.60 Å². The Bertz CT molecular complexity index is 781. The Morgan fingerprint density at radius 1 is 1.18 bits per heavy atom. The van der Waals surface area contributed by atoms with E-state index in [1.165, 1.54) is 0 Å². The highest BCUT2D eigenvalue weighted by atomic mass is 32.1. The van der Waals surface area contributed by atoms with Gasteiger partial charge in [0.1, 0.15) is 5.01 Å². The predicted octanol–water partition coefficient (Wildman–Crippen LogP) is 3.59. The van der Waals surface area contributed by atoms with Crippen molar-refractivity contribution in [2.75, 3.05) is 12.4 Å². The van der Waals surface area contributed by atoms with E-state index in [-0.39, 0.29) is 4.88 Å². The summed E-state index contributed by atoms with van der Waals surface area (Å²) in [6.07, 6.45) is -3.88. The van der Waals surface area contributed by atoms with Crippen LogP contribution >= 0.6 is 22.7 Å². The first kappa shape index (κ1) is 15.2. The number of nitrogens with zero attached hydrogens (tertiary/aromatic N) is 2. The van der Waals surface area contributed by atoms with Crippen LogP contribution in [0.1, 0.15) is 9.88 Å². The molecule has 0 saturated heterocycles. The maximum absolute atomic E-state index is 13.6. The summed E-state index contributed by atoms with van der Waals surface area (Å²) in [4.78, 5) is 7.47. The van der Waals surface area contributed by atoms with Crippen LogP contribution in [0, 0.1) is 0 Å². The molecule has 9 heteroatoms. The summed E-state index contributed by atoms with van der Waals surface area (Å²) in [6.45, 7) is 0. The Balaban J connectivity index is 2.21. The molecular formula is C13H10F3N3OS2. The Labute approximate surface area is 131 Å². The van der Waals surface area contributed by atoms with E-state index in [9.17, 15) is 18.3 Å². The zero-order valence-electron chi connectivity index (χ0n) is 11.2. The lowest BCUT2D eigenvalue weighted by molar-refractivity contribution is -0.247. The molecule has 1 aromatic carbocycles. The quantitative estimate of drug-likeness (QED) is 0.762. The second-order valence-electron chi connectivity index (χ2n) is 4.47. The standard InChI is InChI=1S/C13H10F3N3OS2/c1-17-11-18-6-9(22-11)12(20,13(14,15)16)10-19-7-4-2-3-5-8(7)21-10/h2-6,20H,1H3,(H,17,18)/t12-/m1/s1. The zero-order chi connectivity index (χ0) is 16.0. The monoisotopic (exact) mass is 345 g/mol. The predicted molar refractivity (Wildman–Crippen MR) is 80.3 cm³/mol. The number of alkyl halides is 3. The van der Waals surface area contributed by atoms with Crippen LogP contribution in [0.3, 0.4) is 0 Å². The third-order valence-corrected chi connectivity index (χ3v) is 5.36. The number of para-hydroxylation sites is 1. The molecule has 0 unspecified atom stereocenters. The molecule has 0 aliphatic rings. The third kappa shape index (κ3) is 2.25. The molecule has 4 nitrogen and oxygen atoms in total. The second-order valence-corrected chi connectivity index (χ2v) is 6.54. The number of thiazole rings is 2. The highest BCUT2D eigenvalue weighted by Gasteiger charge is 2.59. The van der Waals surface area contributed by atoms with E-state index in [0.29, 0.717) is 15.3 Å². The fourth-order valence-corrected chi connectivity index (χ4v) is 3.99. The first-order valence-corrected chi connectivity index (χ1v) is 7.79. The Hall–Kier alpha value is -1.71. The van der Waals surface area contributed by atoms with E-state index in [1.54, 1.807) is 31.3 Å². The molecular weight excluding hydrogens is 335 g/mol. The van der Waals surface area contributed by atoms with Crippen LogP contribution in [0.15, 0.2) is 30.5 Å². The Kier molecular flexibility index (Phi) is 3.58. The van der Waals surface area contributed by atoms with E-state index in [2.05, 4.69) is 15.3 Å². The molecule has 3 aromatic rings. The smallest absolute Gasteiger partial charge is 0.370 e. The minimum absolute atomic E-state index is 0.291. The van der Waals surface area contributed by atoms with Gasteiger partial charge in [-0.3, -0.25) is 0 Å². The van der Waals surface area contributed by atoms with E-state index in [4.69, 9.17) is 0 Å². The summed E-state index contributed by atoms with van der Waals surface area (Å²) in [5.41, 5.74) is -2.74. The van der Waals surface area contributed by atoms with Crippen LogP contribution in [0.2, 0.25) is 0 Å². The third-order valence-electron chi connectivity index (χ3n) is 3.09. The molecule has 2 aromatic heterocycles. The molecule has 2 N–H and O–H groups in total. The van der Waals surface area contributed by atoms with Crippen LogP contribution in [0.5, 0.6) is 0 Å². The molecule has 0 radical (unpaired) electrons. The van der Waals surface area contributed by atoms with Crippen molar-refractivity contribution >= 4 is 38.0 Å². The number of benzene rings is 1. The molecule has 3 rings (SSSR count). The molecule has 0 amide bonds. The minimum atomic E-state index is -4.90. The normalized spacial score (nSPS) is 15.0. The van der Waals surface area contributed by atoms with Crippen molar-refractivity contribution in [3.05, 3.63) is 40.3 Å². The number of aliphatic hydroxyl groups is 1. The number of anilines is 1. The van der Waals surface area contributed by atoms with Gasteiger partial charge in [-0.2, -0.15) is 13.2 Å². The lowest BCUT2D eigenvalue weighted by Crippen LogP contribution is -2.42. The van der Waals surface area contributed by atoms with Gasteiger partial charge in [0.15, 0.2) is 5.13 Å². The summed E-state index contributed by atoms with van der Waals surface area (Å²) >= 11 is 1.57. The van der Waals surface area contributed by atoms with Gasteiger partial charge in [-0.1, -0.05) is 23.5 Å². The number of hydrogen-bond donors (Lipinski definition) is 2. The molecule has 0 fully saturated rings. The van der Waals surface area contributed by atoms with Gasteiger partial charge in [-0.15, -0.1) is 11.3 Å². The van der Waals surface area contributed by atoms with Crippen molar-refractivity contribution in [2.45, 2.75) is 11.8 Å². The van der Waals surface area contributed by atoms with Gasteiger partial charge in [-0.05, 0) is 12.1 Å². The molecule has 2 heterocycles. The molecule has 22 heavy (non-hydrogen) atoms. The Morgan fingerprint density at radius 2 is 1.91 bits per heavy atom. The lowest BCUT2D eigenvalue weighted by atomic mass is 10.0. The second kappa shape index (κ2) is 5.18. The maximum Gasteiger partial charge on any atom is 0.429 e. The zero-order valence-corrected chi connectivity index (χ0v) is 12.8.